The standard InChI is InChI=1S/C18H27N3O3/c1-14(22)19-18(2,3)17(24)21-11-9-20(10-12-21)13-16(23)15-7-5-4-6-8-15/h4-8,16,23H,9-13H2,1-3H3,(H,19,22). The maximum atomic E-state index is 12.5. The highest BCUT2D eigenvalue weighted by Crippen LogP contribution is 2.16. The van der Waals surface area contributed by atoms with E-state index in [4.69, 9.17) is 0 Å². The third kappa shape index (κ3) is 4.79. The maximum absolute atomic E-state index is 12.5. The molecule has 2 N–H and O–H groups in total. The maximum Gasteiger partial charge on any atom is 0.247 e. The highest BCUT2D eigenvalue weighted by Gasteiger charge is 2.34. The molecule has 1 aromatic carbocycles. The van der Waals surface area contributed by atoms with Gasteiger partial charge in [0.05, 0.1) is 6.10 Å². The monoisotopic (exact) mass is 333 g/mol. The molecule has 0 spiro atoms. The molecule has 1 heterocycles. The van der Waals surface area contributed by atoms with Crippen LogP contribution in [0.25, 0.3) is 0 Å². The lowest BCUT2D eigenvalue weighted by molar-refractivity contribution is -0.141. The number of aliphatic hydroxyl groups excluding tert-OH is 1. The average Bonchev–Trinajstić information content (AvgIpc) is 2.54. The molecule has 1 unspecified atom stereocenters. The van der Waals surface area contributed by atoms with Crippen LogP contribution >= 0.6 is 0 Å². The summed E-state index contributed by atoms with van der Waals surface area (Å²) in [7, 11) is 0. The first-order valence-electron chi connectivity index (χ1n) is 8.33. The SMILES string of the molecule is CC(=O)NC(C)(C)C(=O)N1CCN(CC(O)c2ccccc2)CC1. The van der Waals surface area contributed by atoms with E-state index < -0.39 is 11.6 Å². The van der Waals surface area contributed by atoms with Crippen molar-refractivity contribution in [3.8, 4) is 0 Å². The van der Waals surface area contributed by atoms with Crippen LogP contribution in [0.2, 0.25) is 0 Å². The summed E-state index contributed by atoms with van der Waals surface area (Å²) < 4.78 is 0. The van der Waals surface area contributed by atoms with Crippen molar-refractivity contribution in [2.45, 2.75) is 32.4 Å². The highest BCUT2D eigenvalue weighted by molar-refractivity contribution is 5.90. The molecule has 1 aliphatic rings. The largest absolute Gasteiger partial charge is 0.387 e. The Kier molecular flexibility index (Phi) is 5.96. The zero-order valence-corrected chi connectivity index (χ0v) is 14.7. The number of carbonyl (C=O) groups is 2. The molecule has 0 aliphatic carbocycles. The molecule has 1 aliphatic heterocycles. The van der Waals surface area contributed by atoms with Crippen LogP contribution < -0.4 is 5.32 Å². The Hall–Kier alpha value is -1.92. The number of nitrogens with one attached hydrogen (secondary N) is 1. The molecule has 132 valence electrons. The number of carbonyl (C=O) groups excluding carboxylic acids is 2. The molecule has 2 rings (SSSR count). The van der Waals surface area contributed by atoms with E-state index in [-0.39, 0.29) is 11.8 Å². The highest BCUT2D eigenvalue weighted by atomic mass is 16.3. The van der Waals surface area contributed by atoms with Crippen LogP contribution in [0.3, 0.4) is 0 Å². The van der Waals surface area contributed by atoms with Crippen molar-refractivity contribution in [1.82, 2.24) is 15.1 Å². The molecular weight excluding hydrogens is 306 g/mol. The number of piperazine rings is 1. The third-order valence-electron chi connectivity index (χ3n) is 4.30. The van der Waals surface area contributed by atoms with Gasteiger partial charge in [-0.25, -0.2) is 0 Å². The van der Waals surface area contributed by atoms with E-state index >= 15 is 0 Å². The second-order valence-electron chi connectivity index (χ2n) is 6.83. The Morgan fingerprint density at radius 2 is 1.75 bits per heavy atom. The molecule has 1 saturated heterocycles. The lowest BCUT2D eigenvalue weighted by Gasteiger charge is -2.39. The Labute approximate surface area is 143 Å². The number of aliphatic hydroxyl groups is 1. The first-order valence-corrected chi connectivity index (χ1v) is 8.33. The fourth-order valence-electron chi connectivity index (χ4n) is 3.05. The Bertz CT molecular complexity index is 566. The first-order chi connectivity index (χ1) is 11.3. The van der Waals surface area contributed by atoms with E-state index in [2.05, 4.69) is 10.2 Å². The Morgan fingerprint density at radius 1 is 1.17 bits per heavy atom. The van der Waals surface area contributed by atoms with E-state index in [9.17, 15) is 14.7 Å². The van der Waals surface area contributed by atoms with Gasteiger partial charge in [-0.1, -0.05) is 30.3 Å². The molecule has 1 aromatic rings. The van der Waals surface area contributed by atoms with Crippen molar-refractivity contribution >= 4 is 11.8 Å². The van der Waals surface area contributed by atoms with Gasteiger partial charge in [0, 0.05) is 39.6 Å². The van der Waals surface area contributed by atoms with E-state index in [0.29, 0.717) is 32.7 Å². The summed E-state index contributed by atoms with van der Waals surface area (Å²) in [4.78, 5) is 27.7. The predicted octanol–water partition coefficient (Wildman–Crippen LogP) is 0.779. The summed E-state index contributed by atoms with van der Waals surface area (Å²) in [5, 5.41) is 13.0. The minimum Gasteiger partial charge on any atom is -0.387 e. The topological polar surface area (TPSA) is 72.9 Å². The zero-order chi connectivity index (χ0) is 17.7. The summed E-state index contributed by atoms with van der Waals surface area (Å²) in [6, 6.07) is 9.59. The Morgan fingerprint density at radius 3 is 2.29 bits per heavy atom. The van der Waals surface area contributed by atoms with Gasteiger partial charge in [0.2, 0.25) is 11.8 Å². The van der Waals surface area contributed by atoms with Crippen molar-refractivity contribution in [1.29, 1.82) is 0 Å². The van der Waals surface area contributed by atoms with Crippen molar-refractivity contribution in [3.63, 3.8) is 0 Å². The van der Waals surface area contributed by atoms with Crippen molar-refractivity contribution in [2.24, 2.45) is 0 Å². The predicted molar refractivity (Wildman–Crippen MR) is 92.3 cm³/mol. The van der Waals surface area contributed by atoms with Gasteiger partial charge < -0.3 is 15.3 Å². The molecule has 0 saturated carbocycles. The van der Waals surface area contributed by atoms with Crippen molar-refractivity contribution in [3.05, 3.63) is 35.9 Å². The Balaban J connectivity index is 1.85. The number of nitrogens with zero attached hydrogens (tertiary/aromatic N) is 2. The number of benzene rings is 1. The molecule has 6 heteroatoms. The van der Waals surface area contributed by atoms with E-state index in [1.165, 1.54) is 6.92 Å². The molecule has 24 heavy (non-hydrogen) atoms. The van der Waals surface area contributed by atoms with Gasteiger partial charge in [0.1, 0.15) is 5.54 Å². The molecule has 0 aromatic heterocycles. The van der Waals surface area contributed by atoms with Crippen LogP contribution in [0.4, 0.5) is 0 Å². The molecular formula is C18H27N3O3. The van der Waals surface area contributed by atoms with Crippen molar-refractivity contribution in [2.75, 3.05) is 32.7 Å². The van der Waals surface area contributed by atoms with Crippen LogP contribution in [0.5, 0.6) is 0 Å². The summed E-state index contributed by atoms with van der Waals surface area (Å²) in [5.41, 5.74) is 0.0141. The minimum absolute atomic E-state index is 0.0686. The number of hydrogen-bond donors (Lipinski definition) is 2. The quantitative estimate of drug-likeness (QED) is 0.835. The summed E-state index contributed by atoms with van der Waals surface area (Å²) >= 11 is 0. The van der Waals surface area contributed by atoms with Crippen LogP contribution in [0, 0.1) is 0 Å². The molecule has 6 nitrogen and oxygen atoms in total. The van der Waals surface area contributed by atoms with Crippen molar-refractivity contribution < 1.29 is 14.7 Å². The van der Waals surface area contributed by atoms with Gasteiger partial charge in [-0.05, 0) is 19.4 Å². The lowest BCUT2D eigenvalue weighted by atomic mass is 10.0. The fourth-order valence-corrected chi connectivity index (χ4v) is 3.05. The van der Waals surface area contributed by atoms with Crippen LogP contribution in [-0.2, 0) is 9.59 Å². The fraction of sp³-hybridized carbons (Fsp3) is 0.556. The van der Waals surface area contributed by atoms with Gasteiger partial charge in [-0.15, -0.1) is 0 Å². The first kappa shape index (κ1) is 18.4. The van der Waals surface area contributed by atoms with E-state index in [1.807, 2.05) is 30.3 Å². The van der Waals surface area contributed by atoms with Crippen LogP contribution in [-0.4, -0.2) is 65.0 Å². The molecule has 1 atom stereocenters. The summed E-state index contributed by atoms with van der Waals surface area (Å²) in [6.45, 7) is 8.05. The molecule has 2 amide bonds. The molecule has 0 bridgehead atoms. The van der Waals surface area contributed by atoms with Gasteiger partial charge in [-0.3, -0.25) is 14.5 Å². The normalized spacial score (nSPS) is 17.4. The second kappa shape index (κ2) is 7.77. The van der Waals surface area contributed by atoms with Crippen LogP contribution in [0.15, 0.2) is 30.3 Å². The molecule has 1 fully saturated rings. The minimum atomic E-state index is -0.891. The summed E-state index contributed by atoms with van der Waals surface area (Å²) in [5.74, 6) is -0.279. The average molecular weight is 333 g/mol. The number of amides is 2. The van der Waals surface area contributed by atoms with Crippen LogP contribution in [0.1, 0.15) is 32.4 Å². The van der Waals surface area contributed by atoms with Gasteiger partial charge in [0.25, 0.3) is 0 Å². The third-order valence-corrected chi connectivity index (χ3v) is 4.30. The smallest absolute Gasteiger partial charge is 0.247 e. The number of rotatable bonds is 5. The lowest BCUT2D eigenvalue weighted by Crippen LogP contribution is -2.59. The van der Waals surface area contributed by atoms with Gasteiger partial charge in [-0.2, -0.15) is 0 Å². The molecule has 0 radical (unpaired) electrons. The van der Waals surface area contributed by atoms with E-state index in [0.717, 1.165) is 5.56 Å². The number of β-amino-alcohol motifs (C(OH)–C–C–N with tert-alkyl or cyclic N) is 1. The number of hydrogen-bond acceptors (Lipinski definition) is 4. The second-order valence-corrected chi connectivity index (χ2v) is 6.83. The van der Waals surface area contributed by atoms with Gasteiger partial charge >= 0.3 is 0 Å². The van der Waals surface area contributed by atoms with Gasteiger partial charge in [0.15, 0.2) is 0 Å². The zero-order valence-electron chi connectivity index (χ0n) is 14.7. The summed E-state index contributed by atoms with van der Waals surface area (Å²) in [6.07, 6.45) is -0.524. The van der Waals surface area contributed by atoms with E-state index in [1.54, 1.807) is 18.7 Å².